The van der Waals surface area contributed by atoms with Crippen LogP contribution in [0.25, 0.3) is 0 Å². The number of aryl methyl sites for hydroxylation is 1. The van der Waals surface area contributed by atoms with E-state index >= 15 is 0 Å². The highest BCUT2D eigenvalue weighted by Gasteiger charge is 2.00. The van der Waals surface area contributed by atoms with Crippen LogP contribution in [0.1, 0.15) is 5.56 Å². The monoisotopic (exact) mass is 324 g/mol. The summed E-state index contributed by atoms with van der Waals surface area (Å²) < 4.78 is 1.14. The Balaban J connectivity index is 2.27. The fourth-order valence-electron chi connectivity index (χ4n) is 1.53. The van der Waals surface area contributed by atoms with Gasteiger partial charge in [0, 0.05) is 9.26 Å². The van der Waals surface area contributed by atoms with Crippen molar-refractivity contribution in [3.05, 3.63) is 51.6 Å². The first-order valence-corrected chi connectivity index (χ1v) is 6.12. The average Bonchev–Trinajstić information content (AvgIpc) is 2.22. The number of anilines is 3. The van der Waals surface area contributed by atoms with Gasteiger partial charge in [0.05, 0.1) is 11.4 Å². The predicted octanol–water partition coefficient (Wildman–Crippen LogP) is 3.93. The molecule has 0 heterocycles. The van der Waals surface area contributed by atoms with Crippen molar-refractivity contribution in [3.8, 4) is 0 Å². The van der Waals surface area contributed by atoms with Crippen LogP contribution in [0.15, 0.2) is 42.5 Å². The highest BCUT2D eigenvalue weighted by Crippen LogP contribution is 2.25. The van der Waals surface area contributed by atoms with Gasteiger partial charge in [0.15, 0.2) is 0 Å². The maximum atomic E-state index is 5.94. The van der Waals surface area contributed by atoms with Gasteiger partial charge < -0.3 is 11.1 Å². The van der Waals surface area contributed by atoms with Crippen molar-refractivity contribution in [1.82, 2.24) is 0 Å². The molecule has 0 aliphatic carbocycles. The third-order valence-corrected chi connectivity index (χ3v) is 2.98. The number of nitrogen functional groups attached to an aromatic ring is 1. The lowest BCUT2D eigenvalue weighted by Gasteiger charge is -2.10. The highest BCUT2D eigenvalue weighted by atomic mass is 127. The Kier molecular flexibility index (Phi) is 3.33. The number of rotatable bonds is 2. The minimum atomic E-state index is 0.772. The van der Waals surface area contributed by atoms with Crippen LogP contribution in [0.2, 0.25) is 0 Å². The van der Waals surface area contributed by atoms with Crippen LogP contribution in [0.5, 0.6) is 0 Å². The number of hydrogen-bond acceptors (Lipinski definition) is 2. The topological polar surface area (TPSA) is 38.0 Å². The van der Waals surface area contributed by atoms with E-state index in [1.807, 2.05) is 30.3 Å². The molecule has 0 fully saturated rings. The third-order valence-electron chi connectivity index (χ3n) is 2.31. The van der Waals surface area contributed by atoms with Gasteiger partial charge in [-0.05, 0) is 65.4 Å². The van der Waals surface area contributed by atoms with Crippen molar-refractivity contribution in [3.63, 3.8) is 0 Å². The first-order valence-electron chi connectivity index (χ1n) is 5.04. The van der Waals surface area contributed by atoms with Crippen molar-refractivity contribution in [2.45, 2.75) is 6.92 Å². The van der Waals surface area contributed by atoms with Gasteiger partial charge in [-0.2, -0.15) is 0 Å². The summed E-state index contributed by atoms with van der Waals surface area (Å²) in [6.07, 6.45) is 0. The molecule has 3 N–H and O–H groups in total. The number of benzene rings is 2. The molecule has 0 aromatic heterocycles. The van der Waals surface area contributed by atoms with Crippen molar-refractivity contribution < 1.29 is 0 Å². The van der Waals surface area contributed by atoms with E-state index in [-0.39, 0.29) is 0 Å². The maximum Gasteiger partial charge on any atom is 0.0618 e. The van der Waals surface area contributed by atoms with E-state index in [1.54, 1.807) is 0 Å². The van der Waals surface area contributed by atoms with Crippen molar-refractivity contribution in [1.29, 1.82) is 0 Å². The van der Waals surface area contributed by atoms with Crippen LogP contribution >= 0.6 is 22.6 Å². The van der Waals surface area contributed by atoms with Crippen molar-refractivity contribution in [2.24, 2.45) is 0 Å². The Hall–Kier alpha value is -1.23. The standard InChI is InChI=1S/C13H13IN2/c1-9-3-2-4-11(7-9)16-13-6-5-10(14)8-12(13)15/h2-8,16H,15H2,1H3. The average molecular weight is 324 g/mol. The molecule has 0 saturated carbocycles. The smallest absolute Gasteiger partial charge is 0.0618 e. The van der Waals surface area contributed by atoms with E-state index in [9.17, 15) is 0 Å². The minimum Gasteiger partial charge on any atom is -0.397 e. The molecular formula is C13H13IN2. The van der Waals surface area contributed by atoms with Crippen LogP contribution in [-0.2, 0) is 0 Å². The summed E-state index contributed by atoms with van der Waals surface area (Å²) in [4.78, 5) is 0. The molecule has 0 amide bonds. The summed E-state index contributed by atoms with van der Waals surface area (Å²) in [5.41, 5.74) is 9.96. The van der Waals surface area contributed by atoms with Gasteiger partial charge in [0.2, 0.25) is 0 Å². The predicted molar refractivity (Wildman–Crippen MR) is 78.0 cm³/mol. The molecule has 0 saturated heterocycles. The van der Waals surface area contributed by atoms with Crippen LogP contribution in [0, 0.1) is 10.5 Å². The van der Waals surface area contributed by atoms with Gasteiger partial charge >= 0.3 is 0 Å². The number of nitrogens with one attached hydrogen (secondary N) is 1. The second-order valence-electron chi connectivity index (χ2n) is 3.73. The summed E-state index contributed by atoms with van der Waals surface area (Å²) in [6.45, 7) is 2.07. The molecule has 2 rings (SSSR count). The van der Waals surface area contributed by atoms with Gasteiger partial charge in [-0.3, -0.25) is 0 Å². The first-order chi connectivity index (χ1) is 7.65. The lowest BCUT2D eigenvalue weighted by Crippen LogP contribution is -1.96. The van der Waals surface area contributed by atoms with Gasteiger partial charge in [-0.1, -0.05) is 12.1 Å². The number of nitrogens with two attached hydrogens (primary N) is 1. The Labute approximate surface area is 109 Å². The lowest BCUT2D eigenvalue weighted by molar-refractivity contribution is 1.45. The van der Waals surface area contributed by atoms with Gasteiger partial charge in [0.25, 0.3) is 0 Å². The van der Waals surface area contributed by atoms with Crippen molar-refractivity contribution >= 4 is 39.7 Å². The van der Waals surface area contributed by atoms with Crippen LogP contribution in [0.3, 0.4) is 0 Å². The van der Waals surface area contributed by atoms with Gasteiger partial charge in [-0.15, -0.1) is 0 Å². The molecule has 82 valence electrons. The van der Waals surface area contributed by atoms with E-state index in [2.05, 4.69) is 47.0 Å². The number of hydrogen-bond donors (Lipinski definition) is 2. The highest BCUT2D eigenvalue weighted by molar-refractivity contribution is 14.1. The quantitative estimate of drug-likeness (QED) is 0.649. The van der Waals surface area contributed by atoms with Crippen LogP contribution < -0.4 is 11.1 Å². The second-order valence-corrected chi connectivity index (χ2v) is 4.97. The zero-order valence-corrected chi connectivity index (χ0v) is 11.2. The van der Waals surface area contributed by atoms with E-state index < -0.39 is 0 Å². The summed E-state index contributed by atoms with van der Waals surface area (Å²) in [7, 11) is 0. The fourth-order valence-corrected chi connectivity index (χ4v) is 2.04. The zero-order chi connectivity index (χ0) is 11.5. The van der Waals surface area contributed by atoms with E-state index in [0.717, 1.165) is 20.6 Å². The van der Waals surface area contributed by atoms with E-state index in [0.29, 0.717) is 0 Å². The van der Waals surface area contributed by atoms with E-state index in [1.165, 1.54) is 5.56 Å². The van der Waals surface area contributed by atoms with Crippen LogP contribution in [-0.4, -0.2) is 0 Å². The summed E-state index contributed by atoms with van der Waals surface area (Å²) in [5.74, 6) is 0. The number of halogens is 1. The molecule has 0 bridgehead atoms. The summed E-state index contributed by atoms with van der Waals surface area (Å²) >= 11 is 2.25. The van der Waals surface area contributed by atoms with Gasteiger partial charge in [0.1, 0.15) is 0 Å². The molecule has 3 heteroatoms. The Morgan fingerprint density at radius 3 is 2.62 bits per heavy atom. The molecule has 0 unspecified atom stereocenters. The molecule has 0 radical (unpaired) electrons. The molecule has 0 aliphatic rings. The Morgan fingerprint density at radius 1 is 1.12 bits per heavy atom. The molecule has 0 atom stereocenters. The van der Waals surface area contributed by atoms with Crippen molar-refractivity contribution in [2.75, 3.05) is 11.1 Å². The molecule has 0 spiro atoms. The van der Waals surface area contributed by atoms with Gasteiger partial charge in [-0.25, -0.2) is 0 Å². The molecule has 2 aromatic carbocycles. The molecule has 0 aliphatic heterocycles. The Morgan fingerprint density at radius 2 is 1.94 bits per heavy atom. The summed E-state index contributed by atoms with van der Waals surface area (Å²) in [5, 5.41) is 3.31. The fraction of sp³-hybridized carbons (Fsp3) is 0.0769. The molecule has 2 nitrogen and oxygen atoms in total. The lowest BCUT2D eigenvalue weighted by atomic mass is 10.2. The molecule has 16 heavy (non-hydrogen) atoms. The Bertz CT molecular complexity index is 509. The first kappa shape index (κ1) is 11.3. The van der Waals surface area contributed by atoms with E-state index in [4.69, 9.17) is 5.73 Å². The molecule has 2 aromatic rings. The van der Waals surface area contributed by atoms with Crippen LogP contribution in [0.4, 0.5) is 17.1 Å². The largest absolute Gasteiger partial charge is 0.397 e. The summed E-state index contributed by atoms with van der Waals surface area (Å²) in [6, 6.07) is 14.2. The third kappa shape index (κ3) is 2.66. The molecular weight excluding hydrogens is 311 g/mol. The zero-order valence-electron chi connectivity index (χ0n) is 9.00. The maximum absolute atomic E-state index is 5.94. The minimum absolute atomic E-state index is 0.772. The normalized spacial score (nSPS) is 10.1. The SMILES string of the molecule is Cc1cccc(Nc2ccc(I)cc2N)c1. The second kappa shape index (κ2) is 4.74.